The van der Waals surface area contributed by atoms with Crippen molar-refractivity contribution >= 4 is 29.4 Å². The lowest BCUT2D eigenvalue weighted by Crippen LogP contribution is -2.41. The smallest absolute Gasteiger partial charge is 0.399 e. The number of aromatic nitrogens is 2. The van der Waals surface area contributed by atoms with Gasteiger partial charge in [-0.15, -0.1) is 0 Å². The van der Waals surface area contributed by atoms with Gasteiger partial charge in [-0.2, -0.15) is 0 Å². The molecule has 0 bridgehead atoms. The number of nitrogens with one attached hydrogen (secondary N) is 1. The second kappa shape index (κ2) is 6.87. The van der Waals surface area contributed by atoms with Gasteiger partial charge in [0.25, 0.3) is 0 Å². The van der Waals surface area contributed by atoms with Crippen molar-refractivity contribution in [2.45, 2.75) is 51.9 Å². The molecule has 1 aromatic heterocycles. The normalized spacial score (nSPS) is 19.0. The molecule has 1 unspecified atom stereocenters. The molecule has 1 atom stereocenters. The Labute approximate surface area is 166 Å². The number of hydrogen-bond acceptors (Lipinski definition) is 5. The maximum atomic E-state index is 6.15. The number of nitrogens with zero attached hydrogens (tertiary/aromatic N) is 2. The van der Waals surface area contributed by atoms with Crippen LogP contribution in [0.4, 0.5) is 5.95 Å². The Balaban J connectivity index is 1.55. The molecule has 144 valence electrons. The van der Waals surface area contributed by atoms with Crippen LogP contribution in [0.2, 0.25) is 0 Å². The van der Waals surface area contributed by atoms with Gasteiger partial charge in [0.2, 0.25) is 5.95 Å². The van der Waals surface area contributed by atoms with Gasteiger partial charge in [-0.25, -0.2) is 9.97 Å². The second-order valence-corrected chi connectivity index (χ2v) is 8.38. The average molecular weight is 375 g/mol. The molecule has 6 heteroatoms. The Morgan fingerprint density at radius 3 is 2.32 bits per heavy atom. The zero-order valence-electron chi connectivity index (χ0n) is 17.1. The van der Waals surface area contributed by atoms with Gasteiger partial charge in [-0.3, -0.25) is 0 Å². The number of fused-ring (bicyclic) bond motifs is 1. The fraction of sp³-hybridized carbons (Fsp3) is 0.364. The van der Waals surface area contributed by atoms with Gasteiger partial charge in [-0.1, -0.05) is 42.5 Å². The van der Waals surface area contributed by atoms with Gasteiger partial charge >= 0.3 is 7.12 Å². The van der Waals surface area contributed by atoms with Crippen molar-refractivity contribution in [1.82, 2.24) is 9.97 Å². The van der Waals surface area contributed by atoms with Gasteiger partial charge in [-0.05, 0) is 51.7 Å². The van der Waals surface area contributed by atoms with E-state index in [-0.39, 0.29) is 24.4 Å². The molecule has 2 heterocycles. The second-order valence-electron chi connectivity index (χ2n) is 8.38. The van der Waals surface area contributed by atoms with E-state index in [1.165, 1.54) is 5.56 Å². The molecule has 0 radical (unpaired) electrons. The fourth-order valence-corrected chi connectivity index (χ4v) is 3.27. The first-order valence-corrected chi connectivity index (χ1v) is 9.69. The van der Waals surface area contributed by atoms with E-state index in [2.05, 4.69) is 62.0 Å². The van der Waals surface area contributed by atoms with Gasteiger partial charge in [0, 0.05) is 11.6 Å². The van der Waals surface area contributed by atoms with E-state index >= 15 is 0 Å². The first-order chi connectivity index (χ1) is 13.2. The Kier molecular flexibility index (Phi) is 4.64. The predicted molar refractivity (Wildman–Crippen MR) is 114 cm³/mol. The van der Waals surface area contributed by atoms with E-state index in [4.69, 9.17) is 9.31 Å². The van der Waals surface area contributed by atoms with Gasteiger partial charge in [0.05, 0.1) is 22.8 Å². The highest BCUT2D eigenvalue weighted by Crippen LogP contribution is 2.36. The summed E-state index contributed by atoms with van der Waals surface area (Å²) in [6, 6.07) is 16.4. The standard InChI is InChI=1S/C22H26BN3O2/c1-15(16-9-7-6-8-10-16)25-20-24-14-17-13-18(11-12-19(17)26-20)23-27-21(2,3)22(4,5)28-23/h6-15H,1-5H3,(H,24,25,26). The molecular formula is C22H26BN3O2. The molecule has 1 aliphatic rings. The topological polar surface area (TPSA) is 56.3 Å². The van der Waals surface area contributed by atoms with Crippen LogP contribution in [0.5, 0.6) is 0 Å². The van der Waals surface area contributed by atoms with Crippen molar-refractivity contribution in [2.24, 2.45) is 0 Å². The molecule has 5 nitrogen and oxygen atoms in total. The van der Waals surface area contributed by atoms with Crippen LogP contribution >= 0.6 is 0 Å². The maximum absolute atomic E-state index is 6.15. The summed E-state index contributed by atoms with van der Waals surface area (Å²) in [5.41, 5.74) is 2.35. The molecule has 0 spiro atoms. The lowest BCUT2D eigenvalue weighted by Gasteiger charge is -2.32. The molecule has 4 rings (SSSR count). The minimum absolute atomic E-state index is 0.127. The molecule has 1 saturated heterocycles. The van der Waals surface area contributed by atoms with Crippen LogP contribution < -0.4 is 10.8 Å². The molecule has 0 aliphatic carbocycles. The molecule has 2 aromatic carbocycles. The first-order valence-electron chi connectivity index (χ1n) is 9.69. The van der Waals surface area contributed by atoms with Crippen LogP contribution in [0.1, 0.15) is 46.2 Å². The largest absolute Gasteiger partial charge is 0.494 e. The Hall–Kier alpha value is -2.44. The molecule has 28 heavy (non-hydrogen) atoms. The van der Waals surface area contributed by atoms with Crippen LogP contribution in [-0.2, 0) is 9.31 Å². The van der Waals surface area contributed by atoms with E-state index in [9.17, 15) is 0 Å². The van der Waals surface area contributed by atoms with Gasteiger partial charge in [0.1, 0.15) is 0 Å². The molecule has 0 amide bonds. The van der Waals surface area contributed by atoms with Crippen LogP contribution in [0.3, 0.4) is 0 Å². The van der Waals surface area contributed by atoms with E-state index in [0.717, 1.165) is 16.4 Å². The summed E-state index contributed by atoms with van der Waals surface area (Å²) in [6.07, 6.45) is 1.84. The summed E-state index contributed by atoms with van der Waals surface area (Å²) >= 11 is 0. The zero-order valence-corrected chi connectivity index (χ0v) is 17.1. The number of benzene rings is 2. The number of anilines is 1. The summed E-state index contributed by atoms with van der Waals surface area (Å²) in [4.78, 5) is 9.16. The highest BCUT2D eigenvalue weighted by molar-refractivity contribution is 6.62. The Morgan fingerprint density at radius 1 is 0.964 bits per heavy atom. The minimum atomic E-state index is -0.384. The summed E-state index contributed by atoms with van der Waals surface area (Å²) < 4.78 is 12.3. The lowest BCUT2D eigenvalue weighted by molar-refractivity contribution is 0.00578. The van der Waals surface area contributed by atoms with E-state index in [1.807, 2.05) is 42.6 Å². The predicted octanol–water partition coefficient (Wildman–Crippen LogP) is 4.10. The van der Waals surface area contributed by atoms with E-state index in [0.29, 0.717) is 5.95 Å². The molecular weight excluding hydrogens is 349 g/mol. The Morgan fingerprint density at radius 2 is 1.64 bits per heavy atom. The average Bonchev–Trinajstić information content (AvgIpc) is 2.89. The summed E-state index contributed by atoms with van der Waals surface area (Å²) in [7, 11) is -0.384. The van der Waals surface area contributed by atoms with E-state index in [1.54, 1.807) is 0 Å². The van der Waals surface area contributed by atoms with Crippen molar-refractivity contribution < 1.29 is 9.31 Å². The monoisotopic (exact) mass is 375 g/mol. The lowest BCUT2D eigenvalue weighted by atomic mass is 9.78. The highest BCUT2D eigenvalue weighted by atomic mass is 16.7. The minimum Gasteiger partial charge on any atom is -0.399 e. The zero-order chi connectivity index (χ0) is 19.9. The summed E-state index contributed by atoms with van der Waals surface area (Å²) in [5.74, 6) is 0.618. The van der Waals surface area contributed by atoms with Crippen LogP contribution in [0.25, 0.3) is 10.9 Å². The van der Waals surface area contributed by atoms with Crippen LogP contribution in [0.15, 0.2) is 54.7 Å². The van der Waals surface area contributed by atoms with Crippen molar-refractivity contribution in [3.63, 3.8) is 0 Å². The third kappa shape index (κ3) is 3.50. The molecule has 1 N–H and O–H groups in total. The third-order valence-electron chi connectivity index (χ3n) is 5.77. The van der Waals surface area contributed by atoms with Gasteiger partial charge < -0.3 is 14.6 Å². The molecule has 0 saturated carbocycles. The van der Waals surface area contributed by atoms with Crippen molar-refractivity contribution in [3.05, 3.63) is 60.3 Å². The quantitative estimate of drug-likeness (QED) is 0.696. The number of hydrogen-bond donors (Lipinski definition) is 1. The fourth-order valence-electron chi connectivity index (χ4n) is 3.27. The summed E-state index contributed by atoms with van der Waals surface area (Å²) in [6.45, 7) is 10.3. The van der Waals surface area contributed by atoms with Gasteiger partial charge in [0.15, 0.2) is 0 Å². The maximum Gasteiger partial charge on any atom is 0.494 e. The van der Waals surface area contributed by atoms with Crippen LogP contribution in [-0.4, -0.2) is 28.3 Å². The molecule has 1 fully saturated rings. The third-order valence-corrected chi connectivity index (χ3v) is 5.77. The summed E-state index contributed by atoms with van der Waals surface area (Å²) in [5, 5.41) is 4.33. The number of rotatable bonds is 4. The molecule has 1 aliphatic heterocycles. The molecule has 3 aromatic rings. The SMILES string of the molecule is CC(Nc1ncc2cc(B3OC(C)(C)C(C)(C)O3)ccc2n1)c1ccccc1. The van der Waals surface area contributed by atoms with Crippen molar-refractivity contribution in [2.75, 3.05) is 5.32 Å². The van der Waals surface area contributed by atoms with Crippen LogP contribution in [0, 0.1) is 0 Å². The van der Waals surface area contributed by atoms with Crippen molar-refractivity contribution in [3.8, 4) is 0 Å². The van der Waals surface area contributed by atoms with E-state index < -0.39 is 0 Å². The highest BCUT2D eigenvalue weighted by Gasteiger charge is 2.51. The first kappa shape index (κ1) is 18.9. The van der Waals surface area contributed by atoms with Crippen molar-refractivity contribution in [1.29, 1.82) is 0 Å². The Bertz CT molecular complexity index is 975.